The monoisotopic (exact) mass is 408 g/mol. The SMILES string of the molecule is COc1cccc(OCc2n[nH]c(=S)n2/N=C\c2ccccc2C(F)(F)F)c1. The van der Waals surface area contributed by atoms with E-state index in [0.717, 1.165) is 12.3 Å². The second-order valence-electron chi connectivity index (χ2n) is 5.55. The molecule has 0 atom stereocenters. The van der Waals surface area contributed by atoms with Gasteiger partial charge in [0.25, 0.3) is 0 Å². The standard InChI is InChI=1S/C18H15F3N4O2S/c1-26-13-6-4-7-14(9-13)27-11-16-23-24-17(28)25(16)22-10-12-5-2-3-8-15(12)18(19,20)21/h2-10H,11H2,1H3,(H,24,28)/b22-10-. The topological polar surface area (TPSA) is 64.4 Å². The lowest BCUT2D eigenvalue weighted by atomic mass is 10.1. The summed E-state index contributed by atoms with van der Waals surface area (Å²) in [7, 11) is 1.54. The van der Waals surface area contributed by atoms with Crippen molar-refractivity contribution in [2.45, 2.75) is 12.8 Å². The highest BCUT2D eigenvalue weighted by molar-refractivity contribution is 7.71. The molecule has 146 valence electrons. The Morgan fingerprint density at radius 3 is 2.68 bits per heavy atom. The van der Waals surface area contributed by atoms with Gasteiger partial charge in [0.2, 0.25) is 4.77 Å². The van der Waals surface area contributed by atoms with E-state index in [9.17, 15) is 13.2 Å². The summed E-state index contributed by atoms with van der Waals surface area (Å²) in [5.74, 6) is 1.46. The quantitative estimate of drug-likeness (QED) is 0.484. The van der Waals surface area contributed by atoms with Crippen molar-refractivity contribution in [1.82, 2.24) is 14.9 Å². The number of hydrogen-bond acceptors (Lipinski definition) is 5. The molecule has 1 N–H and O–H groups in total. The largest absolute Gasteiger partial charge is 0.497 e. The van der Waals surface area contributed by atoms with Crippen LogP contribution in [0, 0.1) is 4.77 Å². The zero-order chi connectivity index (χ0) is 20.1. The minimum atomic E-state index is -4.49. The normalized spacial score (nSPS) is 11.7. The van der Waals surface area contributed by atoms with Crippen LogP contribution < -0.4 is 9.47 Å². The van der Waals surface area contributed by atoms with Crippen LogP contribution in [-0.2, 0) is 12.8 Å². The Kier molecular flexibility index (Phi) is 5.78. The lowest BCUT2D eigenvalue weighted by molar-refractivity contribution is -0.137. The highest BCUT2D eigenvalue weighted by Crippen LogP contribution is 2.31. The Labute approximate surface area is 163 Å². The number of aromatic amines is 1. The van der Waals surface area contributed by atoms with Gasteiger partial charge in [0.05, 0.1) is 18.9 Å². The van der Waals surface area contributed by atoms with Crippen molar-refractivity contribution in [3.63, 3.8) is 0 Å². The van der Waals surface area contributed by atoms with Gasteiger partial charge in [-0.3, -0.25) is 0 Å². The fourth-order valence-electron chi connectivity index (χ4n) is 2.36. The molecule has 0 radical (unpaired) electrons. The molecule has 0 fully saturated rings. The Balaban J connectivity index is 1.82. The zero-order valence-corrected chi connectivity index (χ0v) is 15.4. The molecule has 2 aromatic carbocycles. The predicted molar refractivity (Wildman–Crippen MR) is 99.2 cm³/mol. The van der Waals surface area contributed by atoms with E-state index in [4.69, 9.17) is 21.7 Å². The first-order chi connectivity index (χ1) is 13.4. The van der Waals surface area contributed by atoms with Crippen LogP contribution in [0.25, 0.3) is 0 Å². The first kappa shape index (κ1) is 19.6. The highest BCUT2D eigenvalue weighted by atomic mass is 32.1. The number of halogens is 3. The lowest BCUT2D eigenvalue weighted by Gasteiger charge is -2.09. The molecule has 0 unspecified atom stereocenters. The molecule has 0 amide bonds. The maximum absolute atomic E-state index is 13.1. The van der Waals surface area contributed by atoms with Gasteiger partial charge in [-0.1, -0.05) is 24.3 Å². The number of ether oxygens (including phenoxy) is 2. The molecule has 3 aromatic rings. The number of alkyl halides is 3. The molecule has 10 heteroatoms. The average Bonchev–Trinajstić information content (AvgIpc) is 3.04. The number of hydrogen-bond donors (Lipinski definition) is 1. The smallest absolute Gasteiger partial charge is 0.417 e. The first-order valence-corrected chi connectivity index (χ1v) is 8.43. The average molecular weight is 408 g/mol. The van der Waals surface area contributed by atoms with Crippen LogP contribution in [0.1, 0.15) is 17.0 Å². The van der Waals surface area contributed by atoms with E-state index in [1.165, 1.54) is 30.0 Å². The maximum atomic E-state index is 13.1. The fourth-order valence-corrected chi connectivity index (χ4v) is 2.56. The molecule has 0 aliphatic carbocycles. The van der Waals surface area contributed by atoms with Crippen molar-refractivity contribution < 1.29 is 22.6 Å². The second kappa shape index (κ2) is 8.26. The number of rotatable bonds is 6. The highest BCUT2D eigenvalue weighted by Gasteiger charge is 2.32. The van der Waals surface area contributed by atoms with Crippen molar-refractivity contribution in [2.24, 2.45) is 5.10 Å². The molecule has 0 bridgehead atoms. The maximum Gasteiger partial charge on any atom is 0.417 e. The summed E-state index contributed by atoms with van der Waals surface area (Å²) in [6, 6.07) is 12.1. The van der Waals surface area contributed by atoms with Crippen LogP contribution in [-0.4, -0.2) is 28.2 Å². The van der Waals surface area contributed by atoms with E-state index in [2.05, 4.69) is 15.3 Å². The third-order valence-corrected chi connectivity index (χ3v) is 3.97. The first-order valence-electron chi connectivity index (χ1n) is 8.02. The number of benzene rings is 2. The predicted octanol–water partition coefficient (Wildman–Crippen LogP) is 4.43. The molecule has 0 aliphatic heterocycles. The van der Waals surface area contributed by atoms with E-state index in [1.54, 1.807) is 24.3 Å². The molecule has 0 saturated carbocycles. The van der Waals surface area contributed by atoms with Crippen molar-refractivity contribution in [3.8, 4) is 11.5 Å². The molecule has 1 heterocycles. The van der Waals surface area contributed by atoms with Crippen LogP contribution in [0.5, 0.6) is 11.5 Å². The van der Waals surface area contributed by atoms with Gasteiger partial charge in [-0.25, -0.2) is 5.10 Å². The molecule has 0 aliphatic rings. The third kappa shape index (κ3) is 4.58. The second-order valence-corrected chi connectivity index (χ2v) is 5.94. The van der Waals surface area contributed by atoms with Gasteiger partial charge in [0.1, 0.15) is 18.1 Å². The van der Waals surface area contributed by atoms with Gasteiger partial charge < -0.3 is 9.47 Å². The van der Waals surface area contributed by atoms with Gasteiger partial charge in [-0.05, 0) is 30.4 Å². The van der Waals surface area contributed by atoms with Crippen LogP contribution in [0.2, 0.25) is 0 Å². The summed E-state index contributed by atoms with van der Waals surface area (Å²) >= 11 is 5.10. The molecule has 6 nitrogen and oxygen atoms in total. The summed E-state index contributed by atoms with van der Waals surface area (Å²) in [6.45, 7) is -0.00142. The minimum Gasteiger partial charge on any atom is -0.497 e. The number of nitrogens with zero attached hydrogens (tertiary/aromatic N) is 3. The van der Waals surface area contributed by atoms with Crippen LogP contribution in [0.15, 0.2) is 53.6 Å². The number of methoxy groups -OCH3 is 1. The van der Waals surface area contributed by atoms with E-state index in [1.807, 2.05) is 0 Å². The number of aromatic nitrogens is 3. The summed E-state index contributed by atoms with van der Waals surface area (Å²) in [5.41, 5.74) is -0.874. The summed E-state index contributed by atoms with van der Waals surface area (Å²) < 4.78 is 51.4. The molecular formula is C18H15F3N4O2S. The van der Waals surface area contributed by atoms with E-state index >= 15 is 0 Å². The number of H-pyrrole nitrogens is 1. The van der Waals surface area contributed by atoms with Crippen molar-refractivity contribution in [3.05, 3.63) is 70.3 Å². The summed E-state index contributed by atoms with van der Waals surface area (Å²) in [4.78, 5) is 0. The Hall–Kier alpha value is -3.14. The van der Waals surface area contributed by atoms with Crippen LogP contribution >= 0.6 is 12.2 Å². The zero-order valence-electron chi connectivity index (χ0n) is 14.6. The van der Waals surface area contributed by atoms with Gasteiger partial charge in [0.15, 0.2) is 5.82 Å². The van der Waals surface area contributed by atoms with Gasteiger partial charge in [-0.15, -0.1) is 0 Å². The lowest BCUT2D eigenvalue weighted by Crippen LogP contribution is -2.09. The van der Waals surface area contributed by atoms with Crippen molar-refractivity contribution >= 4 is 18.4 Å². The van der Waals surface area contributed by atoms with Crippen molar-refractivity contribution in [2.75, 3.05) is 7.11 Å². The third-order valence-electron chi connectivity index (χ3n) is 3.71. The molecule has 1 aromatic heterocycles. The molecule has 3 rings (SSSR count). The fraction of sp³-hybridized carbons (Fsp3) is 0.167. The van der Waals surface area contributed by atoms with Crippen molar-refractivity contribution in [1.29, 1.82) is 0 Å². The number of nitrogens with one attached hydrogen (secondary N) is 1. The van der Waals surface area contributed by atoms with E-state index < -0.39 is 11.7 Å². The molecule has 0 saturated heterocycles. The Morgan fingerprint density at radius 1 is 1.18 bits per heavy atom. The molecular weight excluding hydrogens is 393 g/mol. The van der Waals surface area contributed by atoms with Crippen LogP contribution in [0.4, 0.5) is 13.2 Å². The Morgan fingerprint density at radius 2 is 1.93 bits per heavy atom. The van der Waals surface area contributed by atoms with E-state index in [-0.39, 0.29) is 16.9 Å². The minimum absolute atomic E-state index is 0.00142. The summed E-state index contributed by atoms with van der Waals surface area (Å²) in [5, 5.41) is 10.6. The van der Waals surface area contributed by atoms with Gasteiger partial charge in [-0.2, -0.15) is 28.0 Å². The van der Waals surface area contributed by atoms with Gasteiger partial charge in [0, 0.05) is 11.6 Å². The van der Waals surface area contributed by atoms with E-state index in [0.29, 0.717) is 17.3 Å². The summed E-state index contributed by atoms with van der Waals surface area (Å²) in [6.07, 6.45) is -3.40. The molecule has 28 heavy (non-hydrogen) atoms. The van der Waals surface area contributed by atoms with Gasteiger partial charge >= 0.3 is 6.18 Å². The Bertz CT molecular complexity index is 1040. The van der Waals surface area contributed by atoms with Crippen LogP contribution in [0.3, 0.4) is 0 Å². The molecule has 0 spiro atoms.